The predicted octanol–water partition coefficient (Wildman–Crippen LogP) is 5.05. The van der Waals surface area contributed by atoms with Gasteiger partial charge in [0.25, 0.3) is 19.7 Å². The zero-order chi connectivity index (χ0) is 24.0. The zero-order valence-corrected chi connectivity index (χ0v) is 21.3. The van der Waals surface area contributed by atoms with E-state index in [9.17, 15) is 22.4 Å². The number of rotatable bonds is 8. The van der Waals surface area contributed by atoms with Gasteiger partial charge in [0.1, 0.15) is 10.6 Å². The molecule has 0 atom stereocenters. The summed E-state index contributed by atoms with van der Waals surface area (Å²) in [6.07, 6.45) is 6.87. The van der Waals surface area contributed by atoms with E-state index in [1.165, 1.54) is 6.07 Å². The van der Waals surface area contributed by atoms with Gasteiger partial charge in [-0.15, -0.1) is 4.79 Å². The monoisotopic (exact) mass is 484 g/mol. The van der Waals surface area contributed by atoms with Crippen LogP contribution in [-0.2, 0) is 25.1 Å². The van der Waals surface area contributed by atoms with Gasteiger partial charge in [0, 0.05) is 0 Å². The number of hydrogen-bond acceptors (Lipinski definition) is 5. The van der Waals surface area contributed by atoms with Crippen LogP contribution in [0.15, 0.2) is 23.1 Å². The van der Waals surface area contributed by atoms with Crippen LogP contribution in [0.25, 0.3) is 5.53 Å². The Bertz CT molecular complexity index is 1040. The Morgan fingerprint density at radius 1 is 1.06 bits per heavy atom. The van der Waals surface area contributed by atoms with Crippen LogP contribution in [0.1, 0.15) is 91.0 Å². The molecular weight excluding hydrogens is 448 g/mol. The van der Waals surface area contributed by atoms with Crippen molar-refractivity contribution in [2.75, 3.05) is 6.61 Å². The normalized spacial score (nSPS) is 15.9. The van der Waals surface area contributed by atoms with E-state index in [1.54, 1.807) is 12.1 Å². The van der Waals surface area contributed by atoms with Crippen LogP contribution in [0.5, 0.6) is 5.75 Å². The summed E-state index contributed by atoms with van der Waals surface area (Å²) >= 11 is 0. The van der Waals surface area contributed by atoms with E-state index in [-0.39, 0.29) is 16.1 Å². The first-order chi connectivity index (χ1) is 15.0. The van der Waals surface area contributed by atoms with Crippen molar-refractivity contribution in [3.63, 3.8) is 0 Å². The van der Waals surface area contributed by atoms with Crippen LogP contribution in [0, 0.1) is 0 Å². The summed E-state index contributed by atoms with van der Waals surface area (Å²) in [6, 6.07) is 4.79. The molecule has 0 heterocycles. The van der Waals surface area contributed by atoms with E-state index in [2.05, 4.69) is 11.7 Å². The SMILES string of the molecule is CCCCCCOc1ccc(C(C)(C)C)cc1S(=O)(=O)C(=[N+]=[N-])S(=O)(=O)C1CCCCC1. The maximum absolute atomic E-state index is 13.5. The molecule has 1 fully saturated rings. The molecule has 0 amide bonds. The predicted molar refractivity (Wildman–Crippen MR) is 126 cm³/mol. The van der Waals surface area contributed by atoms with Crippen molar-refractivity contribution in [2.24, 2.45) is 0 Å². The second kappa shape index (κ2) is 10.9. The van der Waals surface area contributed by atoms with Crippen LogP contribution in [0.4, 0.5) is 0 Å². The Morgan fingerprint density at radius 2 is 1.72 bits per heavy atom. The summed E-state index contributed by atoms with van der Waals surface area (Å²) in [4.78, 5) is 2.55. The van der Waals surface area contributed by atoms with E-state index in [0.29, 0.717) is 37.9 Å². The molecule has 0 unspecified atom stereocenters. The fraction of sp³-hybridized carbons (Fsp3) is 0.696. The first kappa shape index (κ1) is 26.6. The molecule has 7 nitrogen and oxygen atoms in total. The van der Waals surface area contributed by atoms with E-state index < -0.39 is 29.3 Å². The second-order valence-corrected chi connectivity index (χ2v) is 13.7. The lowest BCUT2D eigenvalue weighted by atomic mass is 9.87. The number of nitrogens with zero attached hydrogens (tertiary/aromatic N) is 2. The van der Waals surface area contributed by atoms with Gasteiger partial charge in [0.05, 0.1) is 11.9 Å². The van der Waals surface area contributed by atoms with Crippen molar-refractivity contribution < 1.29 is 26.4 Å². The molecule has 0 saturated heterocycles. The van der Waals surface area contributed by atoms with Gasteiger partial charge in [-0.05, 0) is 42.4 Å². The molecular formula is C23H36N2O5S2. The molecule has 9 heteroatoms. The molecule has 0 N–H and O–H groups in total. The van der Waals surface area contributed by atoms with Crippen molar-refractivity contribution in [3.8, 4) is 5.75 Å². The van der Waals surface area contributed by atoms with Gasteiger partial charge in [-0.1, -0.05) is 72.3 Å². The van der Waals surface area contributed by atoms with Crippen molar-refractivity contribution in [1.29, 1.82) is 0 Å². The van der Waals surface area contributed by atoms with Gasteiger partial charge in [0.15, 0.2) is 0 Å². The van der Waals surface area contributed by atoms with Crippen molar-refractivity contribution in [1.82, 2.24) is 0 Å². The van der Waals surface area contributed by atoms with Gasteiger partial charge in [-0.3, -0.25) is 0 Å². The third-order valence-corrected chi connectivity index (χ3v) is 10.6. The molecule has 180 valence electrons. The molecule has 0 spiro atoms. The highest BCUT2D eigenvalue weighted by atomic mass is 32.3. The first-order valence-corrected chi connectivity index (χ1v) is 14.5. The van der Waals surface area contributed by atoms with Crippen LogP contribution < -0.4 is 4.74 Å². The molecule has 32 heavy (non-hydrogen) atoms. The van der Waals surface area contributed by atoms with E-state index >= 15 is 0 Å². The molecule has 0 aromatic heterocycles. The summed E-state index contributed by atoms with van der Waals surface area (Å²) in [7, 11) is -8.95. The highest BCUT2D eigenvalue weighted by Crippen LogP contribution is 2.34. The molecule has 1 aliphatic carbocycles. The first-order valence-electron chi connectivity index (χ1n) is 11.4. The molecule has 1 saturated carbocycles. The minimum absolute atomic E-state index is 0.0782. The molecule has 2 rings (SSSR count). The molecule has 0 aliphatic heterocycles. The fourth-order valence-corrected chi connectivity index (χ4v) is 8.11. The van der Waals surface area contributed by atoms with Gasteiger partial charge in [-0.2, -0.15) is 0 Å². The van der Waals surface area contributed by atoms with Crippen LogP contribution >= 0.6 is 0 Å². The lowest BCUT2D eigenvalue weighted by Crippen LogP contribution is -2.36. The summed E-state index contributed by atoms with van der Waals surface area (Å²) in [5.41, 5.74) is 9.91. The van der Waals surface area contributed by atoms with Gasteiger partial charge >= 0.3 is 4.38 Å². The number of benzene rings is 1. The minimum atomic E-state index is -4.63. The summed E-state index contributed by atoms with van der Waals surface area (Å²) in [6.45, 7) is 8.22. The molecule has 1 aromatic carbocycles. The zero-order valence-electron chi connectivity index (χ0n) is 19.6. The maximum atomic E-state index is 13.5. The summed E-state index contributed by atoms with van der Waals surface area (Å²) < 4.78 is 58.0. The number of hydrogen-bond donors (Lipinski definition) is 0. The highest BCUT2D eigenvalue weighted by molar-refractivity contribution is 8.31. The third kappa shape index (κ3) is 6.21. The third-order valence-electron chi connectivity index (χ3n) is 5.90. The van der Waals surface area contributed by atoms with Crippen molar-refractivity contribution in [2.45, 2.75) is 101 Å². The molecule has 1 aromatic rings. The molecule has 0 bridgehead atoms. The fourth-order valence-electron chi connectivity index (χ4n) is 3.89. The van der Waals surface area contributed by atoms with Crippen LogP contribution in [0.3, 0.4) is 0 Å². The topological polar surface area (TPSA) is 114 Å². The average molecular weight is 485 g/mol. The Balaban J connectivity index is 2.51. The summed E-state index contributed by atoms with van der Waals surface area (Å²) in [5, 5.41) is -0.860. The lowest BCUT2D eigenvalue weighted by molar-refractivity contribution is 0.00368. The highest BCUT2D eigenvalue weighted by Gasteiger charge is 2.48. The quantitative estimate of drug-likeness (QED) is 0.168. The maximum Gasteiger partial charge on any atom is 0.500 e. The van der Waals surface area contributed by atoms with Gasteiger partial charge < -0.3 is 10.3 Å². The van der Waals surface area contributed by atoms with Crippen molar-refractivity contribution >= 4 is 24.1 Å². The van der Waals surface area contributed by atoms with E-state index in [0.717, 1.165) is 32.1 Å². The largest absolute Gasteiger partial charge is 0.500 e. The van der Waals surface area contributed by atoms with Crippen molar-refractivity contribution in [3.05, 3.63) is 29.3 Å². The minimum Gasteiger partial charge on any atom is -0.492 e. The van der Waals surface area contributed by atoms with Crippen LogP contribution in [0.2, 0.25) is 0 Å². The number of sulfone groups is 2. The van der Waals surface area contributed by atoms with Gasteiger partial charge in [-0.25, -0.2) is 16.8 Å². The molecule has 1 aliphatic rings. The second-order valence-electron chi connectivity index (χ2n) is 9.50. The Morgan fingerprint density at radius 3 is 2.28 bits per heavy atom. The van der Waals surface area contributed by atoms with E-state index in [1.807, 2.05) is 20.8 Å². The van der Waals surface area contributed by atoms with E-state index in [4.69, 9.17) is 4.74 Å². The Hall–Kier alpha value is -1.70. The lowest BCUT2D eigenvalue weighted by Gasteiger charge is -2.22. The van der Waals surface area contributed by atoms with Gasteiger partial charge in [0.2, 0.25) is 0 Å². The molecule has 0 radical (unpaired) electrons. The van der Waals surface area contributed by atoms with Crippen LogP contribution in [-0.4, -0.2) is 37.9 Å². The number of ether oxygens (including phenoxy) is 1. The Labute approximate surface area is 193 Å². The average Bonchev–Trinajstić information content (AvgIpc) is 2.73. The number of unbranched alkanes of at least 4 members (excludes halogenated alkanes) is 3. The Kier molecular flexibility index (Phi) is 9.08. The summed E-state index contributed by atoms with van der Waals surface area (Å²) in [5.74, 6) is 0.0782. The smallest absolute Gasteiger partial charge is 0.492 e. The standard InChI is InChI=1S/C23H36N2O5S2/c1-5-6-7-11-16-30-20-15-14-18(23(2,3)4)17-21(20)32(28,29)22(25-24)31(26,27)19-12-9-8-10-13-19/h14-15,17,19H,5-13,16H2,1-4H3.